The van der Waals surface area contributed by atoms with E-state index in [2.05, 4.69) is 15.3 Å². The molecule has 0 spiro atoms. The van der Waals surface area contributed by atoms with Crippen LogP contribution in [0.4, 0.5) is 5.00 Å². The zero-order chi connectivity index (χ0) is 22.9. The van der Waals surface area contributed by atoms with E-state index in [1.165, 1.54) is 11.3 Å². The van der Waals surface area contributed by atoms with E-state index in [9.17, 15) is 18.0 Å². The molecule has 0 fully saturated rings. The van der Waals surface area contributed by atoms with Gasteiger partial charge in [-0.15, -0.1) is 11.3 Å². The summed E-state index contributed by atoms with van der Waals surface area (Å²) in [7, 11) is -3.92. The van der Waals surface area contributed by atoms with Gasteiger partial charge in [0.25, 0.3) is 11.8 Å². The van der Waals surface area contributed by atoms with Gasteiger partial charge in [0.2, 0.25) is 15.0 Å². The number of rotatable bonds is 6. The maximum absolute atomic E-state index is 12.9. The van der Waals surface area contributed by atoms with Crippen LogP contribution >= 0.6 is 22.9 Å². The van der Waals surface area contributed by atoms with Crippen LogP contribution in [0.25, 0.3) is 0 Å². The average molecular weight is 491 g/mol. The van der Waals surface area contributed by atoms with Crippen LogP contribution in [-0.4, -0.2) is 30.2 Å². The van der Waals surface area contributed by atoms with E-state index in [-0.39, 0.29) is 16.5 Å². The molecule has 32 heavy (non-hydrogen) atoms. The van der Waals surface area contributed by atoms with Gasteiger partial charge in [0.05, 0.1) is 22.5 Å². The molecule has 0 unspecified atom stereocenters. The molecule has 3 N–H and O–H groups in total. The molecule has 0 atom stereocenters. The van der Waals surface area contributed by atoms with E-state index < -0.39 is 26.8 Å². The lowest BCUT2D eigenvalue weighted by Gasteiger charge is -2.11. The first kappa shape index (κ1) is 22.4. The van der Waals surface area contributed by atoms with E-state index >= 15 is 0 Å². The molecule has 1 aromatic carbocycles. The minimum absolute atomic E-state index is 0.108. The third-order valence-corrected chi connectivity index (χ3v) is 8.01. The Morgan fingerprint density at radius 1 is 1.16 bits per heavy atom. The van der Waals surface area contributed by atoms with Crippen LogP contribution in [0.2, 0.25) is 5.02 Å². The van der Waals surface area contributed by atoms with Crippen LogP contribution in [0.3, 0.4) is 0 Å². The highest BCUT2D eigenvalue weighted by Crippen LogP contribution is 2.38. The minimum atomic E-state index is -3.92. The van der Waals surface area contributed by atoms with Crippen LogP contribution in [0.1, 0.15) is 49.7 Å². The fourth-order valence-corrected chi connectivity index (χ4v) is 6.27. The number of carbonyl (C=O) groups excluding carboxylic acids is 2. The van der Waals surface area contributed by atoms with E-state index in [4.69, 9.17) is 17.3 Å². The number of hydrogen-bond acceptors (Lipinski definition) is 7. The minimum Gasteiger partial charge on any atom is -0.365 e. The van der Waals surface area contributed by atoms with Crippen LogP contribution in [0, 0.1) is 0 Å². The number of amides is 2. The van der Waals surface area contributed by atoms with Gasteiger partial charge in [-0.05, 0) is 36.8 Å². The predicted octanol–water partition coefficient (Wildman–Crippen LogP) is 3.40. The molecule has 0 radical (unpaired) electrons. The lowest BCUT2D eigenvalue weighted by molar-refractivity contribution is 0.100. The van der Waals surface area contributed by atoms with Crippen molar-refractivity contribution in [2.45, 2.75) is 36.6 Å². The van der Waals surface area contributed by atoms with Gasteiger partial charge >= 0.3 is 0 Å². The van der Waals surface area contributed by atoms with Gasteiger partial charge in [-0.2, -0.15) is 0 Å². The van der Waals surface area contributed by atoms with Crippen molar-refractivity contribution < 1.29 is 18.0 Å². The Labute approximate surface area is 193 Å². The highest BCUT2D eigenvalue weighted by atomic mass is 35.5. The number of anilines is 1. The molecular formula is C21H19ClN4O4S2. The Morgan fingerprint density at radius 2 is 1.88 bits per heavy atom. The first-order chi connectivity index (χ1) is 15.3. The Hall–Kier alpha value is -2.82. The van der Waals surface area contributed by atoms with Crippen molar-refractivity contribution in [3.8, 4) is 0 Å². The molecule has 4 rings (SSSR count). The molecule has 0 bridgehead atoms. The summed E-state index contributed by atoms with van der Waals surface area (Å²) < 4.78 is 25.5. The molecule has 0 saturated heterocycles. The SMILES string of the molecule is NC(=O)c1c(NC(=O)c2nc(S(=O)(=O)Cc3ccccc3)ncc2Cl)sc2c1CCCC2. The molecule has 0 aliphatic heterocycles. The van der Waals surface area contributed by atoms with Crippen molar-refractivity contribution >= 4 is 49.6 Å². The molecule has 2 heterocycles. The summed E-state index contributed by atoms with van der Waals surface area (Å²) in [4.78, 5) is 33.7. The third kappa shape index (κ3) is 4.52. The third-order valence-electron chi connectivity index (χ3n) is 5.06. The van der Waals surface area contributed by atoms with Gasteiger partial charge < -0.3 is 11.1 Å². The number of thiophene rings is 1. The van der Waals surface area contributed by atoms with Crippen LogP contribution in [0.15, 0.2) is 41.7 Å². The lowest BCUT2D eigenvalue weighted by Crippen LogP contribution is -2.20. The summed E-state index contributed by atoms with van der Waals surface area (Å²) in [6, 6.07) is 8.57. The molecule has 1 aliphatic carbocycles. The number of aromatic nitrogens is 2. The fraction of sp³-hybridized carbons (Fsp3) is 0.238. The monoisotopic (exact) mass is 490 g/mol. The van der Waals surface area contributed by atoms with E-state index in [0.717, 1.165) is 42.3 Å². The Kier molecular flexibility index (Phi) is 6.27. The van der Waals surface area contributed by atoms with Gasteiger partial charge in [-0.25, -0.2) is 18.4 Å². The molecule has 3 aromatic rings. The fourth-order valence-electron chi connectivity index (χ4n) is 3.60. The average Bonchev–Trinajstić information content (AvgIpc) is 3.12. The number of aryl methyl sites for hydroxylation is 1. The molecule has 2 aromatic heterocycles. The molecule has 166 valence electrons. The van der Waals surface area contributed by atoms with Gasteiger partial charge in [0.1, 0.15) is 5.00 Å². The number of nitrogens with one attached hydrogen (secondary N) is 1. The van der Waals surface area contributed by atoms with Crippen LogP contribution < -0.4 is 11.1 Å². The highest BCUT2D eigenvalue weighted by Gasteiger charge is 2.27. The molecule has 8 nitrogen and oxygen atoms in total. The second-order valence-corrected chi connectivity index (χ2v) is 10.7. The van der Waals surface area contributed by atoms with Crippen molar-refractivity contribution in [1.82, 2.24) is 9.97 Å². The molecule has 2 amide bonds. The number of carbonyl (C=O) groups is 2. The Bertz CT molecular complexity index is 1310. The number of nitrogens with zero attached hydrogens (tertiary/aromatic N) is 2. The standard InChI is InChI=1S/C21H19ClN4O4S2/c22-14-10-24-21(32(29,30)11-12-6-2-1-3-7-12)25-17(14)19(28)26-20-16(18(23)27)13-8-4-5-9-15(13)31-20/h1-3,6-7,10H,4-5,8-9,11H2,(H2,23,27)(H,26,28). The van der Waals surface area contributed by atoms with E-state index in [0.29, 0.717) is 16.1 Å². The van der Waals surface area contributed by atoms with Crippen molar-refractivity contribution in [2.75, 3.05) is 5.32 Å². The quantitative estimate of drug-likeness (QED) is 0.509. The number of halogens is 1. The normalized spacial score (nSPS) is 13.4. The second kappa shape index (κ2) is 8.97. The van der Waals surface area contributed by atoms with Crippen molar-refractivity contribution in [3.05, 3.63) is 68.8 Å². The van der Waals surface area contributed by atoms with Crippen molar-refractivity contribution in [1.29, 1.82) is 0 Å². The first-order valence-electron chi connectivity index (χ1n) is 9.81. The van der Waals surface area contributed by atoms with Gasteiger partial charge in [-0.1, -0.05) is 41.9 Å². The predicted molar refractivity (Wildman–Crippen MR) is 122 cm³/mol. The Balaban J connectivity index is 1.64. The smallest absolute Gasteiger partial charge is 0.276 e. The number of fused-ring (bicyclic) bond motifs is 1. The summed E-state index contributed by atoms with van der Waals surface area (Å²) in [5.41, 5.74) is 6.99. The van der Waals surface area contributed by atoms with E-state index in [1.807, 2.05) is 0 Å². The summed E-state index contributed by atoms with van der Waals surface area (Å²) in [6.07, 6.45) is 4.55. The lowest BCUT2D eigenvalue weighted by atomic mass is 9.95. The maximum atomic E-state index is 12.9. The Morgan fingerprint density at radius 3 is 2.59 bits per heavy atom. The van der Waals surface area contributed by atoms with Crippen LogP contribution in [-0.2, 0) is 28.4 Å². The zero-order valence-electron chi connectivity index (χ0n) is 16.8. The highest BCUT2D eigenvalue weighted by molar-refractivity contribution is 7.90. The number of benzene rings is 1. The number of sulfone groups is 1. The summed E-state index contributed by atoms with van der Waals surface area (Å²) in [5, 5.41) is 2.35. The van der Waals surface area contributed by atoms with Gasteiger partial charge in [0.15, 0.2) is 5.69 Å². The zero-order valence-corrected chi connectivity index (χ0v) is 19.2. The largest absolute Gasteiger partial charge is 0.365 e. The maximum Gasteiger partial charge on any atom is 0.276 e. The summed E-state index contributed by atoms with van der Waals surface area (Å²) in [6.45, 7) is 0. The molecule has 11 heteroatoms. The van der Waals surface area contributed by atoms with Gasteiger partial charge in [0, 0.05) is 4.88 Å². The molecule has 0 saturated carbocycles. The number of primary amides is 1. The number of hydrogen-bond donors (Lipinski definition) is 2. The molecule has 1 aliphatic rings. The van der Waals surface area contributed by atoms with Gasteiger partial charge in [-0.3, -0.25) is 9.59 Å². The molecular weight excluding hydrogens is 472 g/mol. The number of nitrogens with two attached hydrogens (primary N) is 1. The summed E-state index contributed by atoms with van der Waals surface area (Å²) >= 11 is 7.40. The second-order valence-electron chi connectivity index (χ2n) is 7.33. The van der Waals surface area contributed by atoms with Crippen molar-refractivity contribution in [2.24, 2.45) is 5.73 Å². The first-order valence-corrected chi connectivity index (χ1v) is 12.7. The van der Waals surface area contributed by atoms with Crippen LogP contribution in [0.5, 0.6) is 0 Å². The summed E-state index contributed by atoms with van der Waals surface area (Å²) in [5.74, 6) is -1.69. The topological polar surface area (TPSA) is 132 Å². The van der Waals surface area contributed by atoms with Crippen molar-refractivity contribution in [3.63, 3.8) is 0 Å². The van der Waals surface area contributed by atoms with E-state index in [1.54, 1.807) is 30.3 Å².